The van der Waals surface area contributed by atoms with Crippen molar-refractivity contribution in [2.75, 3.05) is 6.61 Å². The summed E-state index contributed by atoms with van der Waals surface area (Å²) in [5.74, 6) is 2.02. The first-order chi connectivity index (χ1) is 16.0. The number of ether oxygens (including phenoxy) is 1. The van der Waals surface area contributed by atoms with Gasteiger partial charge in [0.2, 0.25) is 0 Å². The van der Waals surface area contributed by atoms with E-state index in [9.17, 15) is 4.79 Å². The van der Waals surface area contributed by atoms with Crippen molar-refractivity contribution in [3.05, 3.63) is 90.0 Å². The minimum Gasteiger partial charge on any atom is -0.493 e. The van der Waals surface area contributed by atoms with Gasteiger partial charge in [-0.3, -0.25) is 9.78 Å². The number of hydrogen-bond acceptors (Lipinski definition) is 4. The number of para-hydroxylation sites is 3. The Balaban J connectivity index is 1.48. The van der Waals surface area contributed by atoms with Crippen LogP contribution in [0.4, 0.5) is 0 Å². The lowest BCUT2D eigenvalue weighted by Gasteiger charge is -2.17. The molecule has 1 atom stereocenters. The molecule has 170 valence electrons. The van der Waals surface area contributed by atoms with E-state index in [-0.39, 0.29) is 11.9 Å². The number of nitrogens with one attached hydrogen (secondary N) is 1. The maximum Gasteiger partial charge on any atom is 0.253 e. The average Bonchev–Trinajstić information content (AvgIpc) is 3.21. The number of aryl methyl sites for hydroxylation is 1. The highest BCUT2D eigenvalue weighted by Gasteiger charge is 2.19. The molecule has 2 aromatic heterocycles. The standard InChI is InChI=1S/C27H30N4O2/c1-19(2)22-11-4-7-14-25(22)33-17-9-16-31-24-13-6-5-12-23(24)30-26(31)20(3)29-27(32)21-10-8-15-28-18-21/h4-8,10-15,18-20H,9,16-17H2,1-3H3,(H,29,32). The van der Waals surface area contributed by atoms with Crippen LogP contribution in [0.2, 0.25) is 0 Å². The van der Waals surface area contributed by atoms with Gasteiger partial charge in [0.05, 0.1) is 29.2 Å². The van der Waals surface area contributed by atoms with E-state index in [1.165, 1.54) is 5.56 Å². The molecule has 0 spiro atoms. The number of carbonyl (C=O) groups is 1. The number of hydrogen-bond donors (Lipinski definition) is 1. The van der Waals surface area contributed by atoms with E-state index >= 15 is 0 Å². The second kappa shape index (κ2) is 10.3. The van der Waals surface area contributed by atoms with E-state index in [0.717, 1.165) is 35.6 Å². The Labute approximate surface area is 194 Å². The van der Waals surface area contributed by atoms with Gasteiger partial charge in [0.25, 0.3) is 5.91 Å². The lowest BCUT2D eigenvalue weighted by molar-refractivity contribution is 0.0937. The third kappa shape index (κ3) is 5.22. The number of fused-ring (bicyclic) bond motifs is 1. The molecule has 1 unspecified atom stereocenters. The quantitative estimate of drug-likeness (QED) is 0.347. The van der Waals surface area contributed by atoms with Crippen molar-refractivity contribution in [2.24, 2.45) is 0 Å². The Morgan fingerprint density at radius 2 is 1.82 bits per heavy atom. The van der Waals surface area contributed by atoms with Gasteiger partial charge in [-0.05, 0) is 55.2 Å². The number of benzene rings is 2. The van der Waals surface area contributed by atoms with Gasteiger partial charge in [-0.1, -0.05) is 44.2 Å². The lowest BCUT2D eigenvalue weighted by atomic mass is 10.0. The van der Waals surface area contributed by atoms with Gasteiger partial charge in [-0.2, -0.15) is 0 Å². The normalized spacial score (nSPS) is 12.1. The molecule has 0 saturated heterocycles. The zero-order chi connectivity index (χ0) is 23.2. The first kappa shape index (κ1) is 22.5. The number of imidazole rings is 1. The highest BCUT2D eigenvalue weighted by molar-refractivity contribution is 5.94. The minimum atomic E-state index is -0.257. The third-order valence-electron chi connectivity index (χ3n) is 5.67. The SMILES string of the molecule is CC(C)c1ccccc1OCCCn1c(C(C)NC(=O)c2cccnc2)nc2ccccc21. The zero-order valence-electron chi connectivity index (χ0n) is 19.4. The van der Waals surface area contributed by atoms with E-state index in [2.05, 4.69) is 40.8 Å². The summed E-state index contributed by atoms with van der Waals surface area (Å²) in [6.45, 7) is 7.65. The monoisotopic (exact) mass is 442 g/mol. The third-order valence-corrected chi connectivity index (χ3v) is 5.67. The van der Waals surface area contributed by atoms with Crippen LogP contribution in [0.1, 0.15) is 60.9 Å². The minimum absolute atomic E-state index is 0.164. The summed E-state index contributed by atoms with van der Waals surface area (Å²) in [5, 5.41) is 3.06. The van der Waals surface area contributed by atoms with Crippen molar-refractivity contribution < 1.29 is 9.53 Å². The summed E-state index contributed by atoms with van der Waals surface area (Å²) in [4.78, 5) is 21.5. The Bertz CT molecular complexity index is 1220. The molecule has 2 aromatic carbocycles. The van der Waals surface area contributed by atoms with Crippen LogP contribution in [0.5, 0.6) is 5.75 Å². The van der Waals surface area contributed by atoms with E-state index in [0.29, 0.717) is 18.1 Å². The molecule has 0 bridgehead atoms. The molecule has 6 heteroatoms. The van der Waals surface area contributed by atoms with Crippen LogP contribution in [0.25, 0.3) is 11.0 Å². The fraction of sp³-hybridized carbons (Fsp3) is 0.296. The molecule has 4 rings (SSSR count). The van der Waals surface area contributed by atoms with Crippen LogP contribution in [0, 0.1) is 0 Å². The van der Waals surface area contributed by atoms with Gasteiger partial charge in [-0.25, -0.2) is 4.98 Å². The fourth-order valence-electron chi connectivity index (χ4n) is 4.00. The second-order valence-corrected chi connectivity index (χ2v) is 8.44. The zero-order valence-corrected chi connectivity index (χ0v) is 19.4. The van der Waals surface area contributed by atoms with Gasteiger partial charge in [-0.15, -0.1) is 0 Å². The number of nitrogens with zero attached hydrogens (tertiary/aromatic N) is 3. The number of pyridine rings is 1. The Kier molecular flexibility index (Phi) is 7.03. The number of aromatic nitrogens is 3. The van der Waals surface area contributed by atoms with Crippen LogP contribution in [-0.4, -0.2) is 27.0 Å². The van der Waals surface area contributed by atoms with Crippen molar-refractivity contribution in [3.63, 3.8) is 0 Å². The molecule has 0 fully saturated rings. The van der Waals surface area contributed by atoms with Crippen LogP contribution >= 0.6 is 0 Å². The van der Waals surface area contributed by atoms with Crippen LogP contribution < -0.4 is 10.1 Å². The van der Waals surface area contributed by atoms with Gasteiger partial charge in [0.1, 0.15) is 11.6 Å². The summed E-state index contributed by atoms with van der Waals surface area (Å²) in [6, 6.07) is 19.5. The first-order valence-electron chi connectivity index (χ1n) is 11.4. The molecule has 33 heavy (non-hydrogen) atoms. The first-order valence-corrected chi connectivity index (χ1v) is 11.4. The van der Waals surface area contributed by atoms with Crippen LogP contribution in [0.3, 0.4) is 0 Å². The van der Waals surface area contributed by atoms with E-state index in [1.807, 2.05) is 43.3 Å². The fourth-order valence-corrected chi connectivity index (χ4v) is 4.00. The maximum absolute atomic E-state index is 12.7. The number of rotatable bonds is 9. The van der Waals surface area contributed by atoms with Crippen LogP contribution in [-0.2, 0) is 6.54 Å². The smallest absolute Gasteiger partial charge is 0.253 e. The largest absolute Gasteiger partial charge is 0.493 e. The summed E-state index contributed by atoms with van der Waals surface area (Å²) >= 11 is 0. The second-order valence-electron chi connectivity index (χ2n) is 8.44. The number of carbonyl (C=O) groups excluding carboxylic acids is 1. The lowest BCUT2D eigenvalue weighted by Crippen LogP contribution is -2.29. The highest BCUT2D eigenvalue weighted by atomic mass is 16.5. The summed E-state index contributed by atoms with van der Waals surface area (Å²) in [6.07, 6.45) is 4.04. The molecular weight excluding hydrogens is 412 g/mol. The molecule has 6 nitrogen and oxygen atoms in total. The molecular formula is C27H30N4O2. The van der Waals surface area contributed by atoms with Gasteiger partial charge in [0.15, 0.2) is 0 Å². The van der Waals surface area contributed by atoms with E-state index in [1.54, 1.807) is 24.5 Å². The van der Waals surface area contributed by atoms with Crippen LogP contribution in [0.15, 0.2) is 73.1 Å². The molecule has 0 aliphatic carbocycles. The van der Waals surface area contributed by atoms with Crippen molar-refractivity contribution in [1.82, 2.24) is 19.9 Å². The van der Waals surface area contributed by atoms with Crippen molar-refractivity contribution in [1.29, 1.82) is 0 Å². The molecule has 2 heterocycles. The van der Waals surface area contributed by atoms with E-state index < -0.39 is 0 Å². The highest BCUT2D eigenvalue weighted by Crippen LogP contribution is 2.26. The molecule has 0 aliphatic rings. The Morgan fingerprint density at radius 3 is 2.61 bits per heavy atom. The molecule has 1 N–H and O–H groups in total. The Morgan fingerprint density at radius 1 is 1.03 bits per heavy atom. The maximum atomic E-state index is 12.7. The molecule has 0 aliphatic heterocycles. The van der Waals surface area contributed by atoms with Gasteiger partial charge >= 0.3 is 0 Å². The van der Waals surface area contributed by atoms with Gasteiger partial charge < -0.3 is 14.6 Å². The van der Waals surface area contributed by atoms with Crippen molar-refractivity contribution in [3.8, 4) is 5.75 Å². The summed E-state index contributed by atoms with van der Waals surface area (Å²) in [5.41, 5.74) is 3.72. The summed E-state index contributed by atoms with van der Waals surface area (Å²) in [7, 11) is 0. The molecule has 0 radical (unpaired) electrons. The van der Waals surface area contributed by atoms with E-state index in [4.69, 9.17) is 9.72 Å². The summed E-state index contributed by atoms with van der Waals surface area (Å²) < 4.78 is 8.30. The van der Waals surface area contributed by atoms with Crippen molar-refractivity contribution >= 4 is 16.9 Å². The topological polar surface area (TPSA) is 69.0 Å². The van der Waals surface area contributed by atoms with Crippen molar-refractivity contribution in [2.45, 2.75) is 45.7 Å². The number of amides is 1. The predicted molar refractivity (Wildman–Crippen MR) is 130 cm³/mol. The molecule has 0 saturated carbocycles. The predicted octanol–water partition coefficient (Wildman–Crippen LogP) is 5.51. The molecule has 4 aromatic rings. The average molecular weight is 443 g/mol. The molecule has 1 amide bonds. The van der Waals surface area contributed by atoms with Gasteiger partial charge in [0, 0.05) is 18.9 Å². The Hall–Kier alpha value is -3.67.